The molecule has 3 aromatic carbocycles. The number of nitrogens with zero attached hydrogens (tertiary/aromatic N) is 3. The number of rotatable bonds is 6. The average molecular weight is 443 g/mol. The van der Waals surface area contributed by atoms with Gasteiger partial charge in [-0.2, -0.15) is 0 Å². The van der Waals surface area contributed by atoms with Crippen molar-refractivity contribution in [2.45, 2.75) is 6.54 Å². The van der Waals surface area contributed by atoms with Crippen LogP contribution in [-0.2, 0) is 6.54 Å². The van der Waals surface area contributed by atoms with Crippen molar-refractivity contribution in [3.63, 3.8) is 0 Å². The Labute approximate surface area is 195 Å². The van der Waals surface area contributed by atoms with Crippen molar-refractivity contribution >= 4 is 23.2 Å². The standard InChI is InChI=1S/C27H30N4O2/c1-29(2)27(33)24-14-13-23(19-25(24)28-20-21-9-5-3-6-10-21)30-15-17-31(18-16-30)26(32)22-11-7-4-8-12-22/h3-14,19,28H,15-18,20H2,1-2H3. The molecule has 1 fully saturated rings. The first kappa shape index (κ1) is 22.4. The van der Waals surface area contributed by atoms with Gasteiger partial charge in [-0.25, -0.2) is 0 Å². The third-order valence-electron chi connectivity index (χ3n) is 5.92. The minimum atomic E-state index is -0.0320. The molecule has 170 valence electrons. The van der Waals surface area contributed by atoms with Crippen molar-refractivity contribution in [1.82, 2.24) is 9.80 Å². The van der Waals surface area contributed by atoms with E-state index in [1.165, 1.54) is 0 Å². The molecular weight excluding hydrogens is 412 g/mol. The molecule has 33 heavy (non-hydrogen) atoms. The van der Waals surface area contributed by atoms with Crippen LogP contribution in [0, 0.1) is 0 Å². The van der Waals surface area contributed by atoms with E-state index in [1.54, 1.807) is 19.0 Å². The highest BCUT2D eigenvalue weighted by molar-refractivity contribution is 6.00. The predicted octanol–water partition coefficient (Wildman–Crippen LogP) is 3.96. The third-order valence-corrected chi connectivity index (χ3v) is 5.92. The summed E-state index contributed by atoms with van der Waals surface area (Å²) >= 11 is 0. The molecule has 0 atom stereocenters. The summed E-state index contributed by atoms with van der Waals surface area (Å²) in [5, 5.41) is 3.45. The summed E-state index contributed by atoms with van der Waals surface area (Å²) in [6.45, 7) is 3.46. The van der Waals surface area contributed by atoms with Gasteiger partial charge < -0.3 is 20.0 Å². The summed E-state index contributed by atoms with van der Waals surface area (Å²) in [6, 6.07) is 25.5. The normalized spacial score (nSPS) is 13.5. The molecule has 0 spiro atoms. The van der Waals surface area contributed by atoms with Gasteiger partial charge in [-0.05, 0) is 35.9 Å². The van der Waals surface area contributed by atoms with Crippen molar-refractivity contribution < 1.29 is 9.59 Å². The van der Waals surface area contributed by atoms with Crippen molar-refractivity contribution in [3.8, 4) is 0 Å². The monoisotopic (exact) mass is 442 g/mol. The zero-order chi connectivity index (χ0) is 23.2. The Morgan fingerprint density at radius 3 is 2.12 bits per heavy atom. The molecule has 0 bridgehead atoms. The van der Waals surface area contributed by atoms with Crippen LogP contribution < -0.4 is 10.2 Å². The van der Waals surface area contributed by atoms with E-state index in [0.717, 1.165) is 35.6 Å². The molecule has 1 N–H and O–H groups in total. The van der Waals surface area contributed by atoms with Crippen LogP contribution in [0.15, 0.2) is 78.9 Å². The molecule has 1 aliphatic heterocycles. The van der Waals surface area contributed by atoms with Crippen LogP contribution in [0.4, 0.5) is 11.4 Å². The number of nitrogens with one attached hydrogen (secondary N) is 1. The Kier molecular flexibility index (Phi) is 6.93. The second kappa shape index (κ2) is 10.2. The minimum Gasteiger partial charge on any atom is -0.380 e. The van der Waals surface area contributed by atoms with E-state index in [2.05, 4.69) is 22.3 Å². The van der Waals surface area contributed by atoms with Gasteiger partial charge >= 0.3 is 0 Å². The summed E-state index contributed by atoms with van der Waals surface area (Å²) in [5.74, 6) is 0.0442. The predicted molar refractivity (Wildman–Crippen MR) is 133 cm³/mol. The highest BCUT2D eigenvalue weighted by atomic mass is 16.2. The maximum Gasteiger partial charge on any atom is 0.255 e. The molecule has 3 aromatic rings. The highest BCUT2D eigenvalue weighted by Gasteiger charge is 2.23. The molecule has 0 aromatic heterocycles. The van der Waals surface area contributed by atoms with Gasteiger partial charge in [0, 0.05) is 63.8 Å². The fourth-order valence-electron chi connectivity index (χ4n) is 4.03. The van der Waals surface area contributed by atoms with Gasteiger partial charge in [0.2, 0.25) is 0 Å². The summed E-state index contributed by atoms with van der Waals surface area (Å²) in [4.78, 5) is 31.3. The van der Waals surface area contributed by atoms with Gasteiger partial charge in [-0.15, -0.1) is 0 Å². The molecule has 2 amide bonds. The lowest BCUT2D eigenvalue weighted by atomic mass is 10.1. The van der Waals surface area contributed by atoms with Gasteiger partial charge in [0.25, 0.3) is 11.8 Å². The fourth-order valence-corrected chi connectivity index (χ4v) is 4.03. The molecule has 6 heteroatoms. The Bertz CT molecular complexity index is 1090. The molecular formula is C27H30N4O2. The molecule has 1 heterocycles. The number of carbonyl (C=O) groups excluding carboxylic acids is 2. The fraction of sp³-hybridized carbons (Fsp3) is 0.259. The topological polar surface area (TPSA) is 55.9 Å². The van der Waals surface area contributed by atoms with Gasteiger partial charge in [0.05, 0.1) is 5.56 Å². The maximum absolute atomic E-state index is 12.8. The van der Waals surface area contributed by atoms with Gasteiger partial charge in [-0.1, -0.05) is 48.5 Å². The zero-order valence-corrected chi connectivity index (χ0v) is 19.2. The summed E-state index contributed by atoms with van der Waals surface area (Å²) in [7, 11) is 3.53. The average Bonchev–Trinajstić information content (AvgIpc) is 2.87. The van der Waals surface area contributed by atoms with E-state index in [1.807, 2.05) is 71.6 Å². The van der Waals surface area contributed by atoms with Gasteiger partial charge in [0.1, 0.15) is 0 Å². The first-order chi connectivity index (χ1) is 16.0. The number of hydrogen-bond donors (Lipinski definition) is 1. The Morgan fingerprint density at radius 1 is 0.848 bits per heavy atom. The minimum absolute atomic E-state index is 0.0320. The molecule has 0 radical (unpaired) electrons. The Hall–Kier alpha value is -3.80. The van der Waals surface area contributed by atoms with Crippen LogP contribution in [0.3, 0.4) is 0 Å². The SMILES string of the molecule is CN(C)C(=O)c1ccc(N2CCN(C(=O)c3ccccc3)CC2)cc1NCc1ccccc1. The van der Waals surface area contributed by atoms with Gasteiger partial charge in [0.15, 0.2) is 0 Å². The molecule has 1 aliphatic rings. The van der Waals surface area contributed by atoms with Crippen molar-refractivity contribution in [3.05, 3.63) is 95.6 Å². The lowest BCUT2D eigenvalue weighted by Crippen LogP contribution is -2.48. The second-order valence-electron chi connectivity index (χ2n) is 8.41. The number of hydrogen-bond acceptors (Lipinski definition) is 4. The summed E-state index contributed by atoms with van der Waals surface area (Å²) in [5.41, 5.74) is 4.40. The van der Waals surface area contributed by atoms with Crippen molar-refractivity contribution in [1.29, 1.82) is 0 Å². The van der Waals surface area contributed by atoms with Crippen LogP contribution in [0.5, 0.6) is 0 Å². The largest absolute Gasteiger partial charge is 0.380 e. The lowest BCUT2D eigenvalue weighted by molar-refractivity contribution is 0.0746. The molecule has 1 saturated heterocycles. The summed E-state index contributed by atoms with van der Waals surface area (Å²) < 4.78 is 0. The highest BCUT2D eigenvalue weighted by Crippen LogP contribution is 2.26. The van der Waals surface area contributed by atoms with Crippen molar-refractivity contribution in [2.75, 3.05) is 50.5 Å². The number of piperazine rings is 1. The molecule has 4 rings (SSSR count). The van der Waals surface area contributed by atoms with E-state index in [0.29, 0.717) is 25.2 Å². The van der Waals surface area contributed by atoms with Crippen LogP contribution in [0.2, 0.25) is 0 Å². The quantitative estimate of drug-likeness (QED) is 0.628. The van der Waals surface area contributed by atoms with E-state index in [-0.39, 0.29) is 11.8 Å². The lowest BCUT2D eigenvalue weighted by Gasteiger charge is -2.36. The number of anilines is 2. The maximum atomic E-state index is 12.8. The smallest absolute Gasteiger partial charge is 0.255 e. The Morgan fingerprint density at radius 2 is 1.48 bits per heavy atom. The molecule has 6 nitrogen and oxygen atoms in total. The van der Waals surface area contributed by atoms with Crippen LogP contribution in [-0.4, -0.2) is 61.9 Å². The van der Waals surface area contributed by atoms with Crippen LogP contribution in [0.1, 0.15) is 26.3 Å². The van der Waals surface area contributed by atoms with Crippen LogP contribution >= 0.6 is 0 Å². The van der Waals surface area contributed by atoms with Crippen molar-refractivity contribution in [2.24, 2.45) is 0 Å². The van der Waals surface area contributed by atoms with E-state index in [4.69, 9.17) is 0 Å². The molecule has 0 unspecified atom stereocenters. The molecule has 0 aliphatic carbocycles. The second-order valence-corrected chi connectivity index (χ2v) is 8.41. The van der Waals surface area contributed by atoms with Gasteiger partial charge in [-0.3, -0.25) is 9.59 Å². The number of benzene rings is 3. The van der Waals surface area contributed by atoms with E-state index < -0.39 is 0 Å². The first-order valence-corrected chi connectivity index (χ1v) is 11.3. The van der Waals surface area contributed by atoms with E-state index >= 15 is 0 Å². The van der Waals surface area contributed by atoms with Crippen LogP contribution in [0.25, 0.3) is 0 Å². The Balaban J connectivity index is 1.48. The zero-order valence-electron chi connectivity index (χ0n) is 19.2. The summed E-state index contributed by atoms with van der Waals surface area (Å²) in [6.07, 6.45) is 0. The number of carbonyl (C=O) groups is 2. The third kappa shape index (κ3) is 5.34. The molecule has 0 saturated carbocycles. The number of amides is 2. The van der Waals surface area contributed by atoms with E-state index in [9.17, 15) is 9.59 Å². The first-order valence-electron chi connectivity index (χ1n) is 11.3.